The van der Waals surface area contributed by atoms with Crippen molar-refractivity contribution in [1.29, 1.82) is 0 Å². The molecule has 2 N–H and O–H groups in total. The Bertz CT molecular complexity index is 1290. The molecule has 3 aromatic carbocycles. The summed E-state index contributed by atoms with van der Waals surface area (Å²) >= 11 is 11.8. The zero-order chi connectivity index (χ0) is 22.5. The van der Waals surface area contributed by atoms with Crippen LogP contribution in [0.2, 0.25) is 5.02 Å². The van der Waals surface area contributed by atoms with E-state index < -0.39 is 0 Å². The van der Waals surface area contributed by atoms with Crippen LogP contribution in [-0.4, -0.2) is 22.1 Å². The number of hydrogen-bond acceptors (Lipinski definition) is 3. The molecule has 0 fully saturated rings. The smallest absolute Gasteiger partial charge is 0.253 e. The van der Waals surface area contributed by atoms with Gasteiger partial charge in [0.05, 0.1) is 13.7 Å². The standard InChI is InChI=1S/C25H22ClN3O2S/c1-31-22-11-12-23-18(14-22)13-19(24(30)28-23)16-29(15-17-7-9-20(26)10-8-17)25(32)27-21-5-3-2-4-6-21/h2-14H,15-16H2,1H3,(H,27,32)(H,28,30). The van der Waals surface area contributed by atoms with Crippen molar-refractivity contribution < 1.29 is 4.74 Å². The van der Waals surface area contributed by atoms with Crippen molar-refractivity contribution in [1.82, 2.24) is 9.88 Å². The normalized spacial score (nSPS) is 10.7. The van der Waals surface area contributed by atoms with Crippen molar-refractivity contribution in [2.45, 2.75) is 13.1 Å². The maximum atomic E-state index is 12.8. The molecule has 7 heteroatoms. The fourth-order valence-corrected chi connectivity index (χ4v) is 3.79. The van der Waals surface area contributed by atoms with Gasteiger partial charge in [-0.05, 0) is 66.3 Å². The molecule has 0 atom stereocenters. The molecule has 4 aromatic rings. The molecule has 1 heterocycles. The number of pyridine rings is 1. The minimum Gasteiger partial charge on any atom is -0.497 e. The highest BCUT2D eigenvalue weighted by Crippen LogP contribution is 2.20. The first-order valence-electron chi connectivity index (χ1n) is 10.1. The number of anilines is 1. The highest BCUT2D eigenvalue weighted by Gasteiger charge is 2.15. The van der Waals surface area contributed by atoms with E-state index in [9.17, 15) is 4.79 Å². The highest BCUT2D eigenvalue weighted by molar-refractivity contribution is 7.80. The molecule has 0 aliphatic carbocycles. The van der Waals surface area contributed by atoms with Gasteiger partial charge in [-0.15, -0.1) is 0 Å². The Kier molecular flexibility index (Phi) is 6.73. The Labute approximate surface area is 196 Å². The lowest BCUT2D eigenvalue weighted by molar-refractivity contribution is 0.411. The Morgan fingerprint density at radius 1 is 1.03 bits per heavy atom. The molecule has 0 saturated heterocycles. The van der Waals surface area contributed by atoms with Crippen LogP contribution in [0, 0.1) is 0 Å². The van der Waals surface area contributed by atoms with Crippen LogP contribution in [0.5, 0.6) is 5.75 Å². The molecule has 4 rings (SSSR count). The molecule has 0 unspecified atom stereocenters. The highest BCUT2D eigenvalue weighted by atomic mass is 35.5. The van der Waals surface area contributed by atoms with E-state index in [4.69, 9.17) is 28.6 Å². The molecular formula is C25H22ClN3O2S. The van der Waals surface area contributed by atoms with E-state index >= 15 is 0 Å². The largest absolute Gasteiger partial charge is 0.497 e. The molecule has 5 nitrogen and oxygen atoms in total. The molecule has 0 aliphatic heterocycles. The van der Waals surface area contributed by atoms with E-state index in [2.05, 4.69) is 10.3 Å². The third-order valence-electron chi connectivity index (χ3n) is 5.09. The Hall–Kier alpha value is -3.35. The van der Waals surface area contributed by atoms with Gasteiger partial charge >= 0.3 is 0 Å². The molecule has 0 amide bonds. The number of benzene rings is 3. The third-order valence-corrected chi connectivity index (χ3v) is 5.70. The summed E-state index contributed by atoms with van der Waals surface area (Å²) in [4.78, 5) is 17.7. The molecule has 32 heavy (non-hydrogen) atoms. The second kappa shape index (κ2) is 9.85. The van der Waals surface area contributed by atoms with E-state index in [-0.39, 0.29) is 5.56 Å². The zero-order valence-electron chi connectivity index (χ0n) is 17.5. The van der Waals surface area contributed by atoms with Gasteiger partial charge in [-0.25, -0.2) is 0 Å². The number of nitrogens with one attached hydrogen (secondary N) is 2. The van der Waals surface area contributed by atoms with Crippen LogP contribution < -0.4 is 15.6 Å². The summed E-state index contributed by atoms with van der Waals surface area (Å²) in [7, 11) is 1.62. The number of halogens is 1. The molecule has 162 valence electrons. The number of aromatic nitrogens is 1. The summed E-state index contributed by atoms with van der Waals surface area (Å²) in [5.74, 6) is 0.731. The van der Waals surface area contributed by atoms with Crippen molar-refractivity contribution in [3.05, 3.63) is 105 Å². The number of methoxy groups -OCH3 is 1. The van der Waals surface area contributed by atoms with Crippen LogP contribution in [0.1, 0.15) is 11.1 Å². The quantitative estimate of drug-likeness (QED) is 0.365. The lowest BCUT2D eigenvalue weighted by Crippen LogP contribution is -2.35. The number of nitrogens with zero attached hydrogens (tertiary/aromatic N) is 1. The Morgan fingerprint density at radius 3 is 2.50 bits per heavy atom. The van der Waals surface area contributed by atoms with Gasteiger partial charge < -0.3 is 19.9 Å². The molecule has 0 radical (unpaired) electrons. The zero-order valence-corrected chi connectivity index (χ0v) is 19.0. The lowest BCUT2D eigenvalue weighted by atomic mass is 10.1. The number of aromatic amines is 1. The number of H-pyrrole nitrogens is 1. The minimum atomic E-state index is -0.147. The maximum Gasteiger partial charge on any atom is 0.253 e. The summed E-state index contributed by atoms with van der Waals surface area (Å²) in [6.07, 6.45) is 0. The second-order valence-corrected chi connectivity index (χ2v) is 8.18. The SMILES string of the molecule is COc1ccc2[nH]c(=O)c(CN(Cc3ccc(Cl)cc3)C(=S)Nc3ccccc3)cc2c1. The number of thiocarbonyl (C=S) groups is 1. The van der Waals surface area contributed by atoms with E-state index in [1.54, 1.807) is 7.11 Å². The fraction of sp³-hybridized carbons (Fsp3) is 0.120. The van der Waals surface area contributed by atoms with E-state index in [1.807, 2.05) is 83.8 Å². The van der Waals surface area contributed by atoms with Gasteiger partial charge in [0, 0.05) is 33.7 Å². The molecule has 1 aromatic heterocycles. The summed E-state index contributed by atoms with van der Waals surface area (Å²) in [5, 5.41) is 5.36. The predicted molar refractivity (Wildman–Crippen MR) is 134 cm³/mol. The summed E-state index contributed by atoms with van der Waals surface area (Å²) in [6, 6.07) is 24.8. The van der Waals surface area contributed by atoms with E-state index in [0.717, 1.165) is 27.9 Å². The maximum absolute atomic E-state index is 12.8. The van der Waals surface area contributed by atoms with Gasteiger partial charge in [0.15, 0.2) is 5.11 Å². The topological polar surface area (TPSA) is 57.4 Å². The second-order valence-electron chi connectivity index (χ2n) is 7.36. The van der Waals surface area contributed by atoms with Gasteiger partial charge in [0.1, 0.15) is 5.75 Å². The van der Waals surface area contributed by atoms with Gasteiger partial charge in [-0.3, -0.25) is 4.79 Å². The summed E-state index contributed by atoms with van der Waals surface area (Å²) < 4.78 is 5.32. The molecular weight excluding hydrogens is 442 g/mol. The van der Waals surface area contributed by atoms with Crippen molar-refractivity contribution in [2.24, 2.45) is 0 Å². The number of hydrogen-bond donors (Lipinski definition) is 2. The van der Waals surface area contributed by atoms with Crippen LogP contribution in [-0.2, 0) is 13.1 Å². The molecule has 0 saturated carbocycles. The van der Waals surface area contributed by atoms with E-state index in [0.29, 0.717) is 28.8 Å². The predicted octanol–water partition coefficient (Wildman–Crippen LogP) is 5.59. The van der Waals surface area contributed by atoms with Crippen LogP contribution in [0.25, 0.3) is 10.9 Å². The summed E-state index contributed by atoms with van der Waals surface area (Å²) in [6.45, 7) is 0.856. The third kappa shape index (κ3) is 5.28. The van der Waals surface area contributed by atoms with E-state index in [1.165, 1.54) is 0 Å². The van der Waals surface area contributed by atoms with Gasteiger partial charge in [0.2, 0.25) is 0 Å². The lowest BCUT2D eigenvalue weighted by Gasteiger charge is -2.26. The van der Waals surface area contributed by atoms with Gasteiger partial charge in [0.25, 0.3) is 5.56 Å². The first kappa shape index (κ1) is 21.9. The first-order chi connectivity index (χ1) is 15.5. The monoisotopic (exact) mass is 463 g/mol. The fourth-order valence-electron chi connectivity index (χ4n) is 3.41. The minimum absolute atomic E-state index is 0.147. The van der Waals surface area contributed by atoms with Crippen molar-refractivity contribution in [3.63, 3.8) is 0 Å². The van der Waals surface area contributed by atoms with Crippen LogP contribution in [0.15, 0.2) is 83.7 Å². The van der Waals surface area contributed by atoms with Gasteiger partial charge in [-0.1, -0.05) is 41.9 Å². The molecule has 0 aliphatic rings. The number of para-hydroxylation sites is 1. The van der Waals surface area contributed by atoms with Crippen molar-refractivity contribution >= 4 is 45.5 Å². The van der Waals surface area contributed by atoms with Gasteiger partial charge in [-0.2, -0.15) is 0 Å². The number of ether oxygens (including phenoxy) is 1. The number of rotatable bonds is 6. The first-order valence-corrected chi connectivity index (χ1v) is 10.9. The molecule has 0 spiro atoms. The number of fused-ring (bicyclic) bond motifs is 1. The van der Waals surface area contributed by atoms with Crippen molar-refractivity contribution in [2.75, 3.05) is 12.4 Å². The Morgan fingerprint density at radius 2 is 1.78 bits per heavy atom. The van der Waals surface area contributed by atoms with Crippen LogP contribution in [0.4, 0.5) is 5.69 Å². The van der Waals surface area contributed by atoms with Crippen LogP contribution in [0.3, 0.4) is 0 Å². The average Bonchev–Trinajstić information content (AvgIpc) is 2.80. The van der Waals surface area contributed by atoms with Crippen molar-refractivity contribution in [3.8, 4) is 5.75 Å². The summed E-state index contributed by atoms with van der Waals surface area (Å²) in [5.41, 5.74) is 3.14. The van der Waals surface area contributed by atoms with Crippen LogP contribution >= 0.6 is 23.8 Å². The average molecular weight is 464 g/mol. The Balaban J connectivity index is 1.65. The molecule has 0 bridgehead atoms.